The molecular formula is C64H122O6. The lowest BCUT2D eigenvalue weighted by Gasteiger charge is -2.05. The molecule has 2 aliphatic heterocycles. The molecule has 0 aromatic carbocycles. The number of unbranched alkanes of at least 4 members (excludes halogenated alkanes) is 13. The normalized spacial score (nSPS) is 17.8. The molecule has 2 aliphatic rings. The first-order valence-electron chi connectivity index (χ1n) is 29.1. The minimum atomic E-state index is -0.00826. The maximum atomic E-state index is 11.6. The lowest BCUT2D eigenvalue weighted by atomic mass is 10.1. The van der Waals surface area contributed by atoms with E-state index in [2.05, 4.69) is 37.5 Å². The van der Waals surface area contributed by atoms with Crippen molar-refractivity contribution in [2.45, 2.75) is 324 Å². The van der Waals surface area contributed by atoms with E-state index in [4.69, 9.17) is 14.2 Å². The summed E-state index contributed by atoms with van der Waals surface area (Å²) in [6.45, 7) is 9.34. The van der Waals surface area contributed by atoms with Gasteiger partial charge in [0.05, 0.1) is 19.8 Å². The molecule has 0 unspecified atom stereocenters. The van der Waals surface area contributed by atoms with Gasteiger partial charge in [-0.25, -0.2) is 0 Å². The molecule has 0 radical (unpaired) electrons. The number of cyclic esters (lactones) is 2. The Bertz CT molecular complexity index is 1130. The van der Waals surface area contributed by atoms with E-state index in [1.807, 2.05) is 12.2 Å². The third-order valence-corrected chi connectivity index (χ3v) is 13.0. The summed E-state index contributed by atoms with van der Waals surface area (Å²) in [6, 6.07) is 0. The molecule has 0 aliphatic carbocycles. The summed E-state index contributed by atoms with van der Waals surface area (Å²) in [7, 11) is 0. The van der Waals surface area contributed by atoms with Gasteiger partial charge in [-0.3, -0.25) is 14.4 Å². The van der Waals surface area contributed by atoms with Crippen molar-refractivity contribution in [2.24, 2.45) is 0 Å². The van der Waals surface area contributed by atoms with E-state index in [9.17, 15) is 14.4 Å². The van der Waals surface area contributed by atoms with Gasteiger partial charge in [0.15, 0.2) is 0 Å². The van der Waals surface area contributed by atoms with Gasteiger partial charge in [-0.2, -0.15) is 0 Å². The number of carbonyl (C=O) groups is 3. The average Bonchev–Trinajstić information content (AvgIpc) is 3.33. The molecular weight excluding hydrogens is 865 g/mol. The van der Waals surface area contributed by atoms with Crippen molar-refractivity contribution in [3.8, 4) is 0 Å². The van der Waals surface area contributed by atoms with Crippen LogP contribution in [0.2, 0.25) is 0 Å². The summed E-state index contributed by atoms with van der Waals surface area (Å²) >= 11 is 0. The number of ether oxygens (including phenoxy) is 3. The Balaban J connectivity index is -0.000000458. The highest BCUT2D eigenvalue weighted by Crippen LogP contribution is 2.15. The number of allylic oxidation sites excluding steroid dienone is 6. The van der Waals surface area contributed by atoms with Gasteiger partial charge in [0, 0.05) is 19.3 Å². The van der Waals surface area contributed by atoms with Crippen LogP contribution in [0.15, 0.2) is 49.6 Å². The molecule has 0 aromatic heterocycles. The van der Waals surface area contributed by atoms with Crippen molar-refractivity contribution in [3.63, 3.8) is 0 Å². The monoisotopic (exact) mass is 987 g/mol. The van der Waals surface area contributed by atoms with Crippen LogP contribution in [0.3, 0.4) is 0 Å². The second-order valence-corrected chi connectivity index (χ2v) is 19.6. The van der Waals surface area contributed by atoms with Gasteiger partial charge in [-0.1, -0.05) is 226 Å². The van der Waals surface area contributed by atoms with Gasteiger partial charge in [0.2, 0.25) is 0 Å². The minimum absolute atomic E-state index is 0. The third-order valence-electron chi connectivity index (χ3n) is 13.0. The number of hydrogen-bond donors (Lipinski definition) is 0. The fourth-order valence-corrected chi connectivity index (χ4v) is 8.58. The van der Waals surface area contributed by atoms with Gasteiger partial charge < -0.3 is 14.2 Å². The van der Waals surface area contributed by atoms with Crippen LogP contribution >= 0.6 is 0 Å². The quantitative estimate of drug-likeness (QED) is 0.0555. The Morgan fingerprint density at radius 3 is 1.04 bits per heavy atom. The second kappa shape index (κ2) is 66.4. The number of hydrogen-bond acceptors (Lipinski definition) is 6. The van der Waals surface area contributed by atoms with Crippen molar-refractivity contribution >= 4 is 17.9 Å². The smallest absolute Gasteiger partial charge is 0.305 e. The molecule has 0 spiro atoms. The van der Waals surface area contributed by atoms with E-state index in [1.54, 1.807) is 0 Å². The number of rotatable bonds is 19. The van der Waals surface area contributed by atoms with E-state index in [0.29, 0.717) is 39.1 Å². The van der Waals surface area contributed by atoms with Crippen molar-refractivity contribution in [1.82, 2.24) is 0 Å². The summed E-state index contributed by atoms with van der Waals surface area (Å²) in [5, 5.41) is 0. The van der Waals surface area contributed by atoms with E-state index >= 15 is 0 Å². The Morgan fingerprint density at radius 2 is 0.686 bits per heavy atom. The first kappa shape index (κ1) is 73.9. The Hall–Kier alpha value is -2.63. The third kappa shape index (κ3) is 65.4. The highest BCUT2D eigenvalue weighted by Gasteiger charge is 2.05. The van der Waals surface area contributed by atoms with Crippen molar-refractivity contribution in [1.29, 1.82) is 0 Å². The Morgan fingerprint density at radius 1 is 0.400 bits per heavy atom. The maximum Gasteiger partial charge on any atom is 0.305 e. The SMILES string of the molecule is C.C.C.C=CCCCCCCCCCOC(=O)CCCCCCCCC=C.O=C1CCCCCCC/C=C\CCCCCCCCCO1.O=C1CCCCCCCCC=CCCCCCCCCCO1. The zero-order valence-corrected chi connectivity index (χ0v) is 44.2. The molecule has 0 fully saturated rings. The standard InChI is InChI=1S/C22H40O2.C20H36O2.C19H34O2.3CH4/c1-3-5-7-9-11-13-15-17-19-21-24-22(23)20-18-16-14-12-10-8-6-4-2;21-20-18-16-14-12-10-8-6-4-2-1-3-5-7-9-11-13-15-17-19-22-20;20-19-17-15-13-11-9-7-5-3-1-2-4-6-8-10-12-14-16-18-21-19;;;/h3-4H,1-2,5-21H2;1-2H,3-19H2;1,3H,2,4-18H2;3*1H4/b;;3-1-;;;. The largest absolute Gasteiger partial charge is 0.466 e. The molecule has 0 saturated heterocycles. The summed E-state index contributed by atoms with van der Waals surface area (Å²) < 4.78 is 15.9. The van der Waals surface area contributed by atoms with Gasteiger partial charge in [-0.05, 0) is 116 Å². The predicted molar refractivity (Wildman–Crippen MR) is 309 cm³/mol. The fraction of sp³-hybridized carbons (Fsp3) is 0.828. The summed E-state index contributed by atoms with van der Waals surface area (Å²) in [4.78, 5) is 34.7. The first-order chi connectivity index (χ1) is 33.1. The molecule has 0 bridgehead atoms. The molecule has 6 heteroatoms. The van der Waals surface area contributed by atoms with Crippen LogP contribution in [0, 0.1) is 0 Å². The van der Waals surface area contributed by atoms with Crippen LogP contribution in [-0.4, -0.2) is 37.7 Å². The lowest BCUT2D eigenvalue weighted by Crippen LogP contribution is -2.05. The number of carbonyl (C=O) groups excluding carboxylic acids is 3. The summed E-state index contributed by atoms with van der Waals surface area (Å²) in [5.41, 5.74) is 0. The highest BCUT2D eigenvalue weighted by atomic mass is 16.5. The van der Waals surface area contributed by atoms with Crippen LogP contribution in [0.5, 0.6) is 0 Å². The fourth-order valence-electron chi connectivity index (χ4n) is 8.58. The zero-order valence-electron chi connectivity index (χ0n) is 44.2. The van der Waals surface area contributed by atoms with E-state index in [1.165, 1.54) is 225 Å². The molecule has 0 amide bonds. The van der Waals surface area contributed by atoms with Crippen LogP contribution in [0.4, 0.5) is 0 Å². The molecule has 2 heterocycles. The van der Waals surface area contributed by atoms with Crippen LogP contribution in [0.25, 0.3) is 0 Å². The van der Waals surface area contributed by atoms with Crippen molar-refractivity contribution in [2.75, 3.05) is 19.8 Å². The summed E-state index contributed by atoms with van der Waals surface area (Å²) in [6.07, 6.45) is 69.6. The van der Waals surface area contributed by atoms with Gasteiger partial charge in [0.25, 0.3) is 0 Å². The van der Waals surface area contributed by atoms with Gasteiger partial charge in [0.1, 0.15) is 0 Å². The molecule has 0 atom stereocenters. The summed E-state index contributed by atoms with van der Waals surface area (Å²) in [5.74, 6) is 0.00875. The lowest BCUT2D eigenvalue weighted by molar-refractivity contribution is -0.144. The maximum absolute atomic E-state index is 11.6. The highest BCUT2D eigenvalue weighted by molar-refractivity contribution is 5.69. The Labute approximate surface area is 438 Å². The molecule has 0 saturated carbocycles. The molecule has 414 valence electrons. The average molecular weight is 988 g/mol. The first-order valence-corrected chi connectivity index (χ1v) is 29.1. The van der Waals surface area contributed by atoms with Crippen molar-refractivity contribution in [3.05, 3.63) is 49.6 Å². The second-order valence-electron chi connectivity index (χ2n) is 19.6. The molecule has 6 nitrogen and oxygen atoms in total. The number of esters is 3. The van der Waals surface area contributed by atoms with Gasteiger partial charge in [-0.15, -0.1) is 13.2 Å². The van der Waals surface area contributed by atoms with Crippen LogP contribution in [0.1, 0.15) is 324 Å². The van der Waals surface area contributed by atoms with Gasteiger partial charge >= 0.3 is 17.9 Å². The minimum Gasteiger partial charge on any atom is -0.466 e. The molecule has 0 aromatic rings. The van der Waals surface area contributed by atoms with Crippen LogP contribution < -0.4 is 0 Å². The Kier molecular flexibility index (Phi) is 70.1. The zero-order chi connectivity index (χ0) is 48.5. The van der Waals surface area contributed by atoms with E-state index in [0.717, 1.165) is 57.8 Å². The van der Waals surface area contributed by atoms with E-state index < -0.39 is 0 Å². The molecule has 0 N–H and O–H groups in total. The molecule has 2 rings (SSSR count). The topological polar surface area (TPSA) is 78.9 Å². The predicted octanol–water partition coefficient (Wildman–Crippen LogP) is 21.3. The van der Waals surface area contributed by atoms with Crippen molar-refractivity contribution < 1.29 is 28.6 Å². The molecule has 70 heavy (non-hydrogen) atoms. The van der Waals surface area contributed by atoms with Crippen LogP contribution in [-0.2, 0) is 28.6 Å². The van der Waals surface area contributed by atoms with E-state index in [-0.39, 0.29) is 40.2 Å².